The smallest absolute Gasteiger partial charge is 0.252 e. The van der Waals surface area contributed by atoms with Crippen LogP contribution in [0.25, 0.3) is 105 Å². The Kier molecular flexibility index (Phi) is 13.7. The number of hydrogen-bond acceptors (Lipinski definition) is 2. The van der Waals surface area contributed by atoms with Gasteiger partial charge in [0.1, 0.15) is 0 Å². The van der Waals surface area contributed by atoms with Crippen LogP contribution in [0.3, 0.4) is 0 Å². The molecule has 15 aromatic rings. The molecule has 0 aliphatic carbocycles. The summed E-state index contributed by atoms with van der Waals surface area (Å²) < 4.78 is 2.54. The Bertz CT molecular complexity index is 5480. The minimum absolute atomic E-state index is 0.0215. The van der Waals surface area contributed by atoms with E-state index in [1.54, 1.807) is 0 Å². The highest BCUT2D eigenvalue weighted by atomic mass is 15.2. The zero-order valence-corrected chi connectivity index (χ0v) is 56.2. The SMILES string of the molecule is CC(C)(C)c1cc2c3c(c1)N(c1ccc(-c4ccccc4)cc1)c1cc(-n4c5ccc(C(C)(C)C)cc5c5cc(C(C)(C)C)ccc54)ccc1B3c1ccc(-c3ccc4c(-c5ccccc5)c5ccccc5c(-c5ccccc5)c4c3)cc1N2c1ccc(-c2ccccc2)cc1. The molecule has 2 aliphatic rings. The molecule has 14 aromatic carbocycles. The van der Waals surface area contributed by atoms with Crippen molar-refractivity contribution in [2.75, 3.05) is 9.80 Å². The molecule has 3 heterocycles. The van der Waals surface area contributed by atoms with Gasteiger partial charge in [-0.2, -0.15) is 0 Å². The zero-order valence-electron chi connectivity index (χ0n) is 56.2. The van der Waals surface area contributed by atoms with Crippen molar-refractivity contribution in [3.63, 3.8) is 0 Å². The summed E-state index contributed by atoms with van der Waals surface area (Å²) in [5, 5.41) is 7.52. The van der Waals surface area contributed by atoms with Crippen molar-refractivity contribution in [3.05, 3.63) is 314 Å². The van der Waals surface area contributed by atoms with Crippen molar-refractivity contribution >= 4 is 101 Å². The highest BCUT2D eigenvalue weighted by Gasteiger charge is 2.45. The summed E-state index contributed by atoms with van der Waals surface area (Å²) in [6.07, 6.45) is 0. The lowest BCUT2D eigenvalue weighted by atomic mass is 9.33. The highest BCUT2D eigenvalue weighted by molar-refractivity contribution is 7.00. The van der Waals surface area contributed by atoms with E-state index in [0.29, 0.717) is 0 Å². The minimum atomic E-state index is -0.220. The van der Waals surface area contributed by atoms with E-state index < -0.39 is 0 Å². The van der Waals surface area contributed by atoms with Crippen LogP contribution in [0.2, 0.25) is 0 Å². The molecule has 0 amide bonds. The number of anilines is 6. The van der Waals surface area contributed by atoms with Gasteiger partial charge >= 0.3 is 0 Å². The Hall–Kier alpha value is -10.9. The van der Waals surface area contributed by atoms with Gasteiger partial charge in [0.2, 0.25) is 0 Å². The lowest BCUT2D eigenvalue weighted by molar-refractivity contribution is 0.590. The van der Waals surface area contributed by atoms with Gasteiger partial charge in [-0.3, -0.25) is 0 Å². The molecule has 0 N–H and O–H groups in total. The first-order chi connectivity index (χ1) is 46.5. The largest absolute Gasteiger partial charge is 0.311 e. The van der Waals surface area contributed by atoms with Gasteiger partial charge in [-0.1, -0.05) is 275 Å². The molecular formula is C92H76BN3. The molecule has 2 aliphatic heterocycles. The predicted octanol–water partition coefficient (Wildman–Crippen LogP) is 23.4. The fraction of sp³-hybridized carbons (Fsp3) is 0.130. The molecule has 462 valence electrons. The summed E-state index contributed by atoms with van der Waals surface area (Å²) in [6, 6.07) is 113. The summed E-state index contributed by atoms with van der Waals surface area (Å²) in [7, 11) is 0. The van der Waals surface area contributed by atoms with Gasteiger partial charge in [0, 0.05) is 50.6 Å². The van der Waals surface area contributed by atoms with E-state index >= 15 is 0 Å². The third-order valence-electron chi connectivity index (χ3n) is 20.6. The fourth-order valence-electron chi connectivity index (χ4n) is 15.6. The molecule has 0 atom stereocenters. The van der Waals surface area contributed by atoms with E-state index in [1.165, 1.54) is 149 Å². The summed E-state index contributed by atoms with van der Waals surface area (Å²) in [4.78, 5) is 5.20. The van der Waals surface area contributed by atoms with Gasteiger partial charge in [-0.15, -0.1) is 0 Å². The molecule has 0 saturated heterocycles. The minimum Gasteiger partial charge on any atom is -0.311 e. The van der Waals surface area contributed by atoms with Gasteiger partial charge in [-0.25, -0.2) is 0 Å². The first-order valence-electron chi connectivity index (χ1n) is 34.1. The Balaban J connectivity index is 0.935. The van der Waals surface area contributed by atoms with Crippen molar-refractivity contribution in [3.8, 4) is 61.3 Å². The molecule has 96 heavy (non-hydrogen) atoms. The number of benzene rings is 14. The Morgan fingerprint density at radius 3 is 1.07 bits per heavy atom. The Morgan fingerprint density at radius 1 is 0.240 bits per heavy atom. The second kappa shape index (κ2) is 22.4. The van der Waals surface area contributed by atoms with E-state index in [-0.39, 0.29) is 23.0 Å². The van der Waals surface area contributed by atoms with Crippen LogP contribution in [0.5, 0.6) is 0 Å². The van der Waals surface area contributed by atoms with E-state index in [4.69, 9.17) is 0 Å². The molecule has 3 nitrogen and oxygen atoms in total. The van der Waals surface area contributed by atoms with Crippen molar-refractivity contribution in [2.24, 2.45) is 0 Å². The molecule has 1 aromatic heterocycles. The summed E-state index contributed by atoms with van der Waals surface area (Å²) >= 11 is 0. The molecule has 0 spiro atoms. The van der Waals surface area contributed by atoms with Crippen LogP contribution in [-0.2, 0) is 16.2 Å². The Labute approximate surface area is 565 Å². The topological polar surface area (TPSA) is 11.4 Å². The number of rotatable bonds is 8. The highest BCUT2D eigenvalue weighted by Crippen LogP contribution is 2.50. The van der Waals surface area contributed by atoms with Gasteiger partial charge in [-0.05, 0) is 211 Å². The second-order valence-electron chi connectivity index (χ2n) is 29.7. The summed E-state index contributed by atoms with van der Waals surface area (Å²) in [5.41, 5.74) is 30.0. The van der Waals surface area contributed by atoms with Gasteiger partial charge in [0.25, 0.3) is 6.71 Å². The first-order valence-corrected chi connectivity index (χ1v) is 34.1. The van der Waals surface area contributed by atoms with Gasteiger partial charge < -0.3 is 14.4 Å². The fourth-order valence-corrected chi connectivity index (χ4v) is 15.6. The van der Waals surface area contributed by atoms with E-state index in [2.05, 4.69) is 374 Å². The van der Waals surface area contributed by atoms with Crippen LogP contribution >= 0.6 is 0 Å². The lowest BCUT2D eigenvalue weighted by Gasteiger charge is -2.45. The average Bonchev–Trinajstić information content (AvgIpc) is 0.706. The van der Waals surface area contributed by atoms with Crippen LogP contribution in [-0.4, -0.2) is 11.3 Å². The van der Waals surface area contributed by atoms with E-state index in [9.17, 15) is 0 Å². The molecule has 17 rings (SSSR count). The quantitative estimate of drug-likeness (QED) is 0.111. The van der Waals surface area contributed by atoms with Gasteiger partial charge in [0.05, 0.1) is 11.0 Å². The number of fused-ring (bicyclic) bond motifs is 9. The zero-order chi connectivity index (χ0) is 65.4. The molecule has 0 radical (unpaired) electrons. The number of aromatic nitrogens is 1. The third kappa shape index (κ3) is 9.79. The van der Waals surface area contributed by atoms with Crippen molar-refractivity contribution in [1.29, 1.82) is 0 Å². The third-order valence-corrected chi connectivity index (χ3v) is 20.6. The van der Waals surface area contributed by atoms with E-state index in [0.717, 1.165) is 22.6 Å². The summed E-state index contributed by atoms with van der Waals surface area (Å²) in [6.45, 7) is 20.9. The normalized spacial score (nSPS) is 13.0. The van der Waals surface area contributed by atoms with Crippen LogP contribution in [0.4, 0.5) is 34.1 Å². The maximum atomic E-state index is 2.60. The molecule has 4 heteroatoms. The van der Waals surface area contributed by atoms with Crippen molar-refractivity contribution < 1.29 is 0 Å². The van der Waals surface area contributed by atoms with Crippen LogP contribution < -0.4 is 26.2 Å². The molecule has 0 unspecified atom stereocenters. The molecular weight excluding hydrogens is 1160 g/mol. The monoisotopic (exact) mass is 1230 g/mol. The van der Waals surface area contributed by atoms with Crippen LogP contribution in [0.1, 0.15) is 79.0 Å². The summed E-state index contributed by atoms with van der Waals surface area (Å²) in [5.74, 6) is 0. The Morgan fingerprint density at radius 2 is 0.604 bits per heavy atom. The molecule has 0 saturated carbocycles. The van der Waals surface area contributed by atoms with Crippen molar-refractivity contribution in [1.82, 2.24) is 4.57 Å². The first kappa shape index (κ1) is 58.9. The predicted molar refractivity (Wildman–Crippen MR) is 413 cm³/mol. The lowest BCUT2D eigenvalue weighted by Crippen LogP contribution is -2.61. The van der Waals surface area contributed by atoms with E-state index in [1.807, 2.05) is 0 Å². The maximum Gasteiger partial charge on any atom is 0.252 e. The second-order valence-corrected chi connectivity index (χ2v) is 29.7. The van der Waals surface area contributed by atoms with Crippen LogP contribution in [0, 0.1) is 0 Å². The number of nitrogens with zero attached hydrogens (tertiary/aromatic N) is 3. The van der Waals surface area contributed by atoms with Gasteiger partial charge in [0.15, 0.2) is 0 Å². The molecule has 0 fully saturated rings. The standard InChI is InChI=1S/C92H76BN3/c1-90(2,3)67-40-50-81-76(54-67)77-55-68(91(4,5)6)41-51-82(77)96(81)72-46-49-80-84(58-72)95(71-44-36-62(37-45-71)60-26-16-11-17-27-60)86-57-69(92(7,8)9)56-85-89(86)93(80)79-48-39-66(53-83(79)94(85)70-42-34-61(35-43-70)59-24-14-10-15-25-59)65-38-47-75-78(52-65)88(64-30-20-13-21-31-64)74-33-23-22-32-73(74)87(75)63-28-18-12-19-29-63/h10-58H,1-9H3. The maximum absolute atomic E-state index is 2.60. The average molecular weight is 1230 g/mol. The number of hydrogen-bond donors (Lipinski definition) is 0. The van der Waals surface area contributed by atoms with Crippen molar-refractivity contribution in [2.45, 2.75) is 78.6 Å². The molecule has 0 bridgehead atoms. The van der Waals surface area contributed by atoms with Crippen LogP contribution in [0.15, 0.2) is 297 Å².